The van der Waals surface area contributed by atoms with E-state index in [2.05, 4.69) is 38.9 Å². The predicted molar refractivity (Wildman–Crippen MR) is 85.8 cm³/mol. The fourth-order valence-corrected chi connectivity index (χ4v) is 4.37. The normalized spacial score (nSPS) is 25.0. The van der Waals surface area contributed by atoms with E-state index in [4.69, 9.17) is 0 Å². The van der Waals surface area contributed by atoms with Crippen molar-refractivity contribution in [3.8, 4) is 11.3 Å². The Morgan fingerprint density at radius 3 is 2.96 bits per heavy atom. The summed E-state index contributed by atoms with van der Waals surface area (Å²) < 4.78 is 4.11. The average Bonchev–Trinajstić information content (AvgIpc) is 3.24. The molecule has 23 heavy (non-hydrogen) atoms. The van der Waals surface area contributed by atoms with E-state index in [-0.39, 0.29) is 12.0 Å². The van der Waals surface area contributed by atoms with E-state index >= 15 is 0 Å². The number of imidazole rings is 1. The van der Waals surface area contributed by atoms with Gasteiger partial charge in [0, 0.05) is 29.8 Å². The van der Waals surface area contributed by atoms with Crippen LogP contribution >= 0.6 is 0 Å². The van der Waals surface area contributed by atoms with Gasteiger partial charge >= 0.3 is 0 Å². The average molecular weight is 306 g/mol. The number of aryl methyl sites for hydroxylation is 1. The first-order valence-corrected chi connectivity index (χ1v) is 8.05. The second-order valence-electron chi connectivity index (χ2n) is 6.54. The molecular formula is C18H18N4O. The van der Waals surface area contributed by atoms with Crippen LogP contribution in [0.5, 0.6) is 0 Å². The van der Waals surface area contributed by atoms with Crippen molar-refractivity contribution in [3.63, 3.8) is 0 Å². The van der Waals surface area contributed by atoms with Gasteiger partial charge in [0.15, 0.2) is 0 Å². The number of nitrogens with zero attached hydrogens (tertiary/aromatic N) is 4. The van der Waals surface area contributed by atoms with Gasteiger partial charge in [-0.05, 0) is 18.4 Å². The smallest absolute Gasteiger partial charge is 0.0956 e. The number of fused-ring (bicyclic) bond motifs is 4. The zero-order chi connectivity index (χ0) is 15.6. The maximum absolute atomic E-state index is 11.0. The van der Waals surface area contributed by atoms with Crippen molar-refractivity contribution in [1.29, 1.82) is 0 Å². The fraction of sp³-hybridized carbons (Fsp3) is 0.333. The minimum Gasteiger partial charge on any atom is -0.388 e. The second-order valence-corrected chi connectivity index (χ2v) is 6.54. The summed E-state index contributed by atoms with van der Waals surface area (Å²) in [7, 11) is 1.95. The summed E-state index contributed by atoms with van der Waals surface area (Å²) in [6.07, 6.45) is 7.05. The van der Waals surface area contributed by atoms with E-state index in [9.17, 15) is 5.11 Å². The van der Waals surface area contributed by atoms with Gasteiger partial charge in [-0.2, -0.15) is 5.10 Å². The van der Waals surface area contributed by atoms with Crippen LogP contribution in [0.3, 0.4) is 0 Å². The highest BCUT2D eigenvalue weighted by Gasteiger charge is 2.41. The second kappa shape index (κ2) is 4.55. The van der Waals surface area contributed by atoms with Gasteiger partial charge in [-0.25, -0.2) is 4.98 Å². The lowest BCUT2D eigenvalue weighted by Gasteiger charge is -2.33. The number of aromatic nitrogens is 4. The van der Waals surface area contributed by atoms with Gasteiger partial charge in [0.25, 0.3) is 0 Å². The van der Waals surface area contributed by atoms with Crippen LogP contribution in [0.25, 0.3) is 11.3 Å². The predicted octanol–water partition coefficient (Wildman–Crippen LogP) is 2.48. The SMILES string of the molecule is Cn1ncc2c1CC[C@@H]([C@H]1c3ccccc3-c3cncn31)C2O. The van der Waals surface area contributed by atoms with Crippen molar-refractivity contribution in [2.24, 2.45) is 13.0 Å². The molecule has 116 valence electrons. The first-order valence-electron chi connectivity index (χ1n) is 8.05. The minimum absolute atomic E-state index is 0.142. The van der Waals surface area contributed by atoms with Crippen molar-refractivity contribution in [2.45, 2.75) is 25.0 Å². The zero-order valence-electron chi connectivity index (χ0n) is 12.9. The summed E-state index contributed by atoms with van der Waals surface area (Å²) in [4.78, 5) is 4.33. The molecule has 2 aromatic heterocycles. The largest absolute Gasteiger partial charge is 0.388 e. The standard InChI is InChI=1S/C18H18N4O/c1-21-15-7-6-13(18(23)14(15)8-20-21)17-12-5-3-2-4-11(12)16-9-19-10-22(16)17/h2-5,8-10,13,17-18,23H,6-7H2,1H3/t13-,17+,18?/m0/s1. The third-order valence-electron chi connectivity index (χ3n) is 5.46. The summed E-state index contributed by atoms with van der Waals surface area (Å²) in [6, 6.07) is 8.62. The van der Waals surface area contributed by atoms with Crippen LogP contribution in [0, 0.1) is 5.92 Å². The molecule has 1 unspecified atom stereocenters. The number of aliphatic hydroxyl groups is 1. The molecule has 5 heteroatoms. The molecule has 3 atom stereocenters. The first-order chi connectivity index (χ1) is 11.3. The van der Waals surface area contributed by atoms with Crippen molar-refractivity contribution >= 4 is 0 Å². The van der Waals surface area contributed by atoms with Crippen LogP contribution < -0.4 is 0 Å². The molecule has 0 radical (unpaired) electrons. The van der Waals surface area contributed by atoms with Gasteiger partial charge in [-0.15, -0.1) is 0 Å². The van der Waals surface area contributed by atoms with Gasteiger partial charge in [-0.3, -0.25) is 4.68 Å². The lowest BCUT2D eigenvalue weighted by Crippen LogP contribution is -2.28. The van der Waals surface area contributed by atoms with Gasteiger partial charge < -0.3 is 9.67 Å². The first kappa shape index (κ1) is 13.1. The van der Waals surface area contributed by atoms with E-state index in [0.29, 0.717) is 0 Å². The summed E-state index contributed by atoms with van der Waals surface area (Å²) in [5, 5.41) is 15.3. The van der Waals surface area contributed by atoms with E-state index in [1.54, 1.807) is 0 Å². The maximum atomic E-state index is 11.0. The van der Waals surface area contributed by atoms with Crippen LogP contribution in [0.2, 0.25) is 0 Å². The van der Waals surface area contributed by atoms with Crippen molar-refractivity contribution in [1.82, 2.24) is 19.3 Å². The van der Waals surface area contributed by atoms with Crippen LogP contribution in [-0.4, -0.2) is 24.4 Å². The molecule has 0 amide bonds. The fourth-order valence-electron chi connectivity index (χ4n) is 4.37. The molecule has 1 aliphatic carbocycles. The Hall–Kier alpha value is -2.40. The monoisotopic (exact) mass is 306 g/mol. The third kappa shape index (κ3) is 1.65. The number of hydrogen-bond donors (Lipinski definition) is 1. The molecule has 0 saturated carbocycles. The van der Waals surface area contributed by atoms with Crippen LogP contribution in [-0.2, 0) is 13.5 Å². The Kier molecular flexibility index (Phi) is 2.59. The Balaban J connectivity index is 1.63. The topological polar surface area (TPSA) is 55.9 Å². The quantitative estimate of drug-likeness (QED) is 0.751. The molecule has 5 nitrogen and oxygen atoms in total. The highest BCUT2D eigenvalue weighted by Crippen LogP contribution is 2.49. The van der Waals surface area contributed by atoms with Crippen molar-refractivity contribution < 1.29 is 5.11 Å². The molecule has 0 spiro atoms. The lowest BCUT2D eigenvalue weighted by molar-refractivity contribution is 0.0713. The lowest BCUT2D eigenvalue weighted by atomic mass is 9.78. The van der Waals surface area contributed by atoms with E-state index < -0.39 is 6.10 Å². The molecule has 1 aliphatic heterocycles. The third-order valence-corrected chi connectivity index (χ3v) is 5.46. The Labute approximate surface area is 134 Å². The molecule has 5 rings (SSSR count). The van der Waals surface area contributed by atoms with Crippen molar-refractivity contribution in [3.05, 3.63) is 59.8 Å². The Morgan fingerprint density at radius 1 is 1.17 bits per heavy atom. The van der Waals surface area contributed by atoms with Gasteiger partial charge in [0.05, 0.1) is 36.6 Å². The number of aliphatic hydroxyl groups excluding tert-OH is 1. The molecule has 0 fully saturated rings. The van der Waals surface area contributed by atoms with Crippen LogP contribution in [0.1, 0.15) is 35.4 Å². The molecule has 0 bridgehead atoms. The molecule has 3 heterocycles. The van der Waals surface area contributed by atoms with Crippen LogP contribution in [0.4, 0.5) is 0 Å². The van der Waals surface area contributed by atoms with E-state index in [1.165, 1.54) is 11.1 Å². The summed E-state index contributed by atoms with van der Waals surface area (Å²) in [5.41, 5.74) is 5.82. The number of rotatable bonds is 1. The van der Waals surface area contributed by atoms with Gasteiger partial charge in [-0.1, -0.05) is 24.3 Å². The molecule has 1 N–H and O–H groups in total. The van der Waals surface area contributed by atoms with Crippen LogP contribution in [0.15, 0.2) is 43.0 Å². The highest BCUT2D eigenvalue weighted by atomic mass is 16.3. The maximum Gasteiger partial charge on any atom is 0.0956 e. The molecule has 1 aromatic carbocycles. The number of benzene rings is 1. The molecule has 3 aromatic rings. The molecule has 0 saturated heterocycles. The van der Waals surface area contributed by atoms with E-state index in [1.807, 2.05) is 30.5 Å². The molecule has 2 aliphatic rings. The highest BCUT2D eigenvalue weighted by molar-refractivity contribution is 5.69. The number of hydrogen-bond acceptors (Lipinski definition) is 3. The Morgan fingerprint density at radius 2 is 2.04 bits per heavy atom. The van der Waals surface area contributed by atoms with E-state index in [0.717, 1.165) is 29.8 Å². The van der Waals surface area contributed by atoms with Crippen molar-refractivity contribution in [2.75, 3.05) is 0 Å². The molecular weight excluding hydrogens is 288 g/mol. The zero-order valence-corrected chi connectivity index (χ0v) is 12.9. The van der Waals surface area contributed by atoms with Gasteiger partial charge in [0.1, 0.15) is 0 Å². The summed E-state index contributed by atoms with van der Waals surface area (Å²) >= 11 is 0. The summed E-state index contributed by atoms with van der Waals surface area (Å²) in [5.74, 6) is 0.142. The Bertz CT molecular complexity index is 894. The van der Waals surface area contributed by atoms with Gasteiger partial charge in [0.2, 0.25) is 0 Å². The summed E-state index contributed by atoms with van der Waals surface area (Å²) in [6.45, 7) is 0. The minimum atomic E-state index is -0.487.